The zero-order valence-electron chi connectivity index (χ0n) is 17.9. The summed E-state index contributed by atoms with van der Waals surface area (Å²) >= 11 is 1.46. The van der Waals surface area contributed by atoms with Gasteiger partial charge in [0.2, 0.25) is 0 Å². The number of hydrogen-bond acceptors (Lipinski definition) is 0. The van der Waals surface area contributed by atoms with Crippen LogP contribution in [-0.4, -0.2) is 3.21 Å². The fourth-order valence-electron chi connectivity index (χ4n) is 3.62. The Balaban J connectivity index is 0.000000127. The molecule has 0 radical (unpaired) electrons. The summed E-state index contributed by atoms with van der Waals surface area (Å²) in [6.45, 7) is 0. The van der Waals surface area contributed by atoms with Crippen LogP contribution in [0.3, 0.4) is 0 Å². The Morgan fingerprint density at radius 3 is 1.50 bits per heavy atom. The summed E-state index contributed by atoms with van der Waals surface area (Å²) in [5.74, 6) is 0. The minimum Gasteiger partial charge on any atom is -0.126 e. The van der Waals surface area contributed by atoms with E-state index in [2.05, 4.69) is 127 Å². The Bertz CT molecular complexity index is 1240. The van der Waals surface area contributed by atoms with Crippen molar-refractivity contribution in [2.75, 3.05) is 0 Å². The maximum atomic E-state index is 2.99. The van der Waals surface area contributed by atoms with Crippen LogP contribution in [0.5, 0.6) is 0 Å². The summed E-state index contributed by atoms with van der Waals surface area (Å²) in [5.41, 5.74) is 2.66. The minimum absolute atomic E-state index is 1.01. The number of fused-ring (bicyclic) bond motifs is 3. The molecule has 1 aliphatic carbocycles. The first-order valence-electron chi connectivity index (χ1n) is 10.8. The van der Waals surface area contributed by atoms with E-state index in [1.807, 2.05) is 12.2 Å². The van der Waals surface area contributed by atoms with Crippen molar-refractivity contribution in [2.24, 2.45) is 0 Å². The molecule has 6 rings (SSSR count). The molecule has 0 N–H and O–H groups in total. The fourth-order valence-corrected chi connectivity index (χ4v) is 4.44. The summed E-state index contributed by atoms with van der Waals surface area (Å²) in [4.78, 5) is 0. The Kier molecular flexibility index (Phi) is 8.01. The van der Waals surface area contributed by atoms with Gasteiger partial charge in [-0.15, -0.1) is 46.2 Å². The van der Waals surface area contributed by atoms with E-state index in [-0.39, 0.29) is 0 Å². The van der Waals surface area contributed by atoms with Crippen molar-refractivity contribution in [2.45, 2.75) is 6.42 Å². The molecule has 0 fully saturated rings. The van der Waals surface area contributed by atoms with E-state index in [1.165, 1.54) is 60.1 Å². The van der Waals surface area contributed by atoms with E-state index >= 15 is 0 Å². The van der Waals surface area contributed by atoms with Crippen molar-refractivity contribution >= 4 is 24.8 Å². The molecule has 0 saturated carbocycles. The van der Waals surface area contributed by atoms with Crippen molar-refractivity contribution in [3.8, 4) is 0 Å². The van der Waals surface area contributed by atoms with Crippen LogP contribution in [0.15, 0.2) is 133 Å². The van der Waals surface area contributed by atoms with Crippen LogP contribution in [0.4, 0.5) is 0 Å². The number of benzene rings is 4. The van der Waals surface area contributed by atoms with Crippen LogP contribution in [0.1, 0.15) is 17.5 Å². The van der Waals surface area contributed by atoms with Gasteiger partial charge in [-0.3, -0.25) is 6.08 Å². The zero-order valence-corrected chi connectivity index (χ0v) is 20.4. The molecule has 0 unspecified atom stereocenters. The molecule has 0 atom stereocenters. The van der Waals surface area contributed by atoms with E-state index in [0.29, 0.717) is 0 Å². The van der Waals surface area contributed by atoms with Gasteiger partial charge in [0.15, 0.2) is 0 Å². The molecule has 0 aliphatic heterocycles. The molecule has 0 heterocycles. The Labute approximate surface area is 205 Å². The molecule has 1 aliphatic rings. The quantitative estimate of drug-likeness (QED) is 0.223. The summed E-state index contributed by atoms with van der Waals surface area (Å²) < 4.78 is 1.42. The van der Waals surface area contributed by atoms with E-state index in [9.17, 15) is 0 Å². The molecule has 0 amide bonds. The third-order valence-corrected chi connectivity index (χ3v) is 6.65. The average molecular weight is 488 g/mol. The maximum absolute atomic E-state index is 2.99. The average Bonchev–Trinajstić information content (AvgIpc) is 3.57. The van der Waals surface area contributed by atoms with E-state index in [0.717, 1.165) is 6.42 Å². The van der Waals surface area contributed by atoms with Gasteiger partial charge in [0.25, 0.3) is 0 Å². The second kappa shape index (κ2) is 11.6. The van der Waals surface area contributed by atoms with Crippen molar-refractivity contribution in [1.82, 2.24) is 0 Å². The Hall–Kier alpha value is -3.02. The number of allylic oxidation sites excluding steroid dienone is 4. The Morgan fingerprint density at radius 1 is 0.625 bits per heavy atom. The minimum atomic E-state index is 1.01. The standard InChI is InChI=1S/C13H9.C13H10.C5H5.Zr/c1-3-7-12-10(5-1)9-11-6-2-4-8-13(11)12;1-3-7-12(8-4-1)11-13-9-5-2-6-10-13;1-2-4-5-3-1;/h1-9H;1-10H;1-3H,4H2;/q-1;;-1;+2. The molecule has 152 valence electrons. The predicted octanol–water partition coefficient (Wildman–Crippen LogP) is 7.82. The molecule has 0 bridgehead atoms. The molecule has 0 nitrogen and oxygen atoms in total. The van der Waals surface area contributed by atoms with E-state index in [4.69, 9.17) is 0 Å². The Morgan fingerprint density at radius 2 is 1.09 bits per heavy atom. The normalized spacial score (nSPS) is 11.6. The predicted molar refractivity (Wildman–Crippen MR) is 135 cm³/mol. The maximum Gasteiger partial charge on any atom is -0.0771 e. The van der Waals surface area contributed by atoms with Crippen LogP contribution in [0, 0.1) is 6.08 Å². The molecule has 0 spiro atoms. The monoisotopic (exact) mass is 486 g/mol. The van der Waals surface area contributed by atoms with Gasteiger partial charge >= 0.3 is 99.2 Å². The number of hydrogen-bond donors (Lipinski definition) is 0. The molecule has 5 aromatic rings. The van der Waals surface area contributed by atoms with Crippen LogP contribution in [0.2, 0.25) is 0 Å². The summed E-state index contributed by atoms with van der Waals surface area (Å²) in [7, 11) is 0. The largest absolute Gasteiger partial charge is 0.126 e. The fraction of sp³-hybridized carbons (Fsp3) is 0.0323. The van der Waals surface area contributed by atoms with Crippen molar-refractivity contribution < 1.29 is 24.2 Å². The van der Waals surface area contributed by atoms with Gasteiger partial charge in [-0.1, -0.05) is 36.4 Å². The van der Waals surface area contributed by atoms with Crippen LogP contribution < -0.4 is 0 Å². The van der Waals surface area contributed by atoms with Gasteiger partial charge in [-0.25, -0.2) is 12.2 Å². The van der Waals surface area contributed by atoms with Gasteiger partial charge in [0.05, 0.1) is 0 Å². The van der Waals surface area contributed by atoms with Gasteiger partial charge in [-0.2, -0.15) is 6.08 Å². The second-order valence-electron chi connectivity index (χ2n) is 7.43. The topological polar surface area (TPSA) is 0 Å². The second-order valence-corrected chi connectivity index (χ2v) is 8.66. The molecular formula is C31H24Zr. The smallest absolute Gasteiger partial charge is 0.0771 e. The molecule has 0 saturated heterocycles. The van der Waals surface area contributed by atoms with E-state index < -0.39 is 0 Å². The molecule has 5 aromatic carbocycles. The first-order valence-corrected chi connectivity index (χ1v) is 12.0. The molecule has 1 heteroatoms. The zero-order chi connectivity index (χ0) is 22.0. The van der Waals surface area contributed by atoms with Crippen LogP contribution in [0.25, 0.3) is 21.5 Å². The molecule has 0 aromatic heterocycles. The SMILES string of the molecule is [C-]1=CC=CC1.[Zr+2]=[C](c1ccccc1)c1ccccc1.c1ccc2c(c1)[cH-]c1ccccc12. The van der Waals surface area contributed by atoms with Crippen molar-refractivity contribution in [3.05, 3.63) is 151 Å². The third-order valence-electron chi connectivity index (χ3n) is 5.23. The van der Waals surface area contributed by atoms with Crippen LogP contribution in [-0.2, 0) is 24.2 Å². The van der Waals surface area contributed by atoms with Gasteiger partial charge in [-0.05, 0) is 0 Å². The van der Waals surface area contributed by atoms with Gasteiger partial charge in [0, 0.05) is 0 Å². The first kappa shape index (κ1) is 22.2. The van der Waals surface area contributed by atoms with Crippen LogP contribution >= 0.6 is 0 Å². The van der Waals surface area contributed by atoms with E-state index in [1.54, 1.807) is 0 Å². The summed E-state index contributed by atoms with van der Waals surface area (Å²) in [5, 5.41) is 5.39. The first-order chi connectivity index (χ1) is 15.8. The van der Waals surface area contributed by atoms with Crippen molar-refractivity contribution in [1.29, 1.82) is 0 Å². The molecule has 32 heavy (non-hydrogen) atoms. The summed E-state index contributed by atoms with van der Waals surface area (Å²) in [6.07, 6.45) is 10.0. The van der Waals surface area contributed by atoms with Crippen molar-refractivity contribution in [3.63, 3.8) is 0 Å². The third kappa shape index (κ3) is 5.81. The molecular weight excluding hydrogens is 464 g/mol. The van der Waals surface area contributed by atoms with Gasteiger partial charge in [0.1, 0.15) is 0 Å². The summed E-state index contributed by atoms with van der Waals surface area (Å²) in [6, 6.07) is 40.4. The number of rotatable bonds is 2. The van der Waals surface area contributed by atoms with Gasteiger partial charge < -0.3 is 0 Å².